The molecule has 8 heteroatoms. The summed E-state index contributed by atoms with van der Waals surface area (Å²) in [5.74, 6) is 0.653. The minimum absolute atomic E-state index is 0.00741. The van der Waals surface area contributed by atoms with Crippen molar-refractivity contribution in [3.63, 3.8) is 0 Å². The van der Waals surface area contributed by atoms with Crippen molar-refractivity contribution in [2.45, 2.75) is 31.8 Å². The van der Waals surface area contributed by atoms with E-state index in [1.807, 2.05) is 0 Å². The molecule has 1 unspecified atom stereocenters. The minimum Gasteiger partial charge on any atom is -0.489 e. The zero-order chi connectivity index (χ0) is 19.9. The molecule has 0 aliphatic carbocycles. The number of rotatable bonds is 7. The van der Waals surface area contributed by atoms with Crippen molar-refractivity contribution >= 4 is 17.5 Å². The van der Waals surface area contributed by atoms with Gasteiger partial charge in [-0.3, -0.25) is 4.79 Å². The summed E-state index contributed by atoms with van der Waals surface area (Å²) < 4.78 is 11.3. The smallest absolute Gasteiger partial charge is 0.255 e. The number of hydrogen-bond acceptors (Lipinski definition) is 6. The molecule has 1 saturated heterocycles. The van der Waals surface area contributed by atoms with Crippen LogP contribution in [-0.2, 0) is 0 Å². The summed E-state index contributed by atoms with van der Waals surface area (Å²) in [6.45, 7) is 3.96. The van der Waals surface area contributed by atoms with Gasteiger partial charge in [0.25, 0.3) is 5.91 Å². The number of nitrogens with zero attached hydrogens (tertiary/aromatic N) is 1. The number of nitrogens with one attached hydrogen (secondary N) is 1. The van der Waals surface area contributed by atoms with E-state index in [-0.39, 0.29) is 18.4 Å². The summed E-state index contributed by atoms with van der Waals surface area (Å²) in [6.07, 6.45) is 2.78. The first kappa shape index (κ1) is 21.2. The lowest BCUT2D eigenvalue weighted by molar-refractivity contribution is 0.0212. The number of aliphatic hydroxyl groups excluding tert-OH is 2. The molecule has 0 spiro atoms. The molecule has 156 valence electrons. The number of carbonyl (C=O) groups excluding carboxylic acids is 1. The molecular formula is C20H29ClN2O5. The number of amides is 1. The van der Waals surface area contributed by atoms with E-state index >= 15 is 0 Å². The molecule has 28 heavy (non-hydrogen) atoms. The number of hydrogen-bond donors (Lipinski definition) is 3. The summed E-state index contributed by atoms with van der Waals surface area (Å²) in [4.78, 5) is 15.0. The van der Waals surface area contributed by atoms with Crippen LogP contribution in [0, 0.1) is 5.92 Å². The maximum absolute atomic E-state index is 12.7. The number of likely N-dealkylation sites (tertiary alicyclic amines) is 1. The van der Waals surface area contributed by atoms with Gasteiger partial charge in [-0.15, -0.1) is 0 Å². The van der Waals surface area contributed by atoms with Gasteiger partial charge in [0.15, 0.2) is 11.5 Å². The monoisotopic (exact) mass is 412 g/mol. The van der Waals surface area contributed by atoms with Crippen LogP contribution in [-0.4, -0.2) is 73.1 Å². The van der Waals surface area contributed by atoms with E-state index in [1.54, 1.807) is 12.1 Å². The molecule has 3 rings (SSSR count). The number of benzene rings is 1. The topological polar surface area (TPSA) is 91.3 Å². The number of carbonyl (C=O) groups is 1. The van der Waals surface area contributed by atoms with E-state index in [2.05, 4.69) is 10.2 Å². The largest absolute Gasteiger partial charge is 0.489 e. The van der Waals surface area contributed by atoms with Crippen LogP contribution in [0.25, 0.3) is 0 Å². The second kappa shape index (κ2) is 10.3. The highest BCUT2D eigenvalue weighted by molar-refractivity contribution is 6.31. The molecule has 0 aromatic heterocycles. The lowest BCUT2D eigenvalue weighted by Gasteiger charge is -2.36. The highest BCUT2D eigenvalue weighted by atomic mass is 35.5. The zero-order valence-corrected chi connectivity index (χ0v) is 16.8. The number of β-amino-alcohol motifs (C(OH)–C–C–N with tert-alkyl or cyclic N) is 1. The van der Waals surface area contributed by atoms with Crippen LogP contribution in [0.3, 0.4) is 0 Å². The van der Waals surface area contributed by atoms with Crippen molar-refractivity contribution in [3.8, 4) is 11.5 Å². The van der Waals surface area contributed by atoms with Crippen molar-refractivity contribution in [1.29, 1.82) is 0 Å². The molecule has 1 fully saturated rings. The van der Waals surface area contributed by atoms with Crippen molar-refractivity contribution in [1.82, 2.24) is 10.2 Å². The third kappa shape index (κ3) is 5.50. The van der Waals surface area contributed by atoms with E-state index in [0.29, 0.717) is 48.4 Å². The van der Waals surface area contributed by atoms with Gasteiger partial charge in [-0.25, -0.2) is 0 Å². The molecule has 2 aliphatic heterocycles. The molecule has 7 nitrogen and oxygen atoms in total. The minimum atomic E-state index is -0.487. The van der Waals surface area contributed by atoms with Crippen molar-refractivity contribution < 1.29 is 24.5 Å². The maximum atomic E-state index is 12.7. The Hall–Kier alpha value is -1.54. The number of aliphatic hydroxyl groups is 2. The van der Waals surface area contributed by atoms with E-state index in [1.165, 1.54) is 0 Å². The SMILES string of the molecule is O=C(NC[C@@H]1CCN(CCCCO)CC1O)c1cc(Cl)cc2c1OCCCO2. The number of unbranched alkanes of at least 4 members (excludes halogenated alkanes) is 1. The summed E-state index contributed by atoms with van der Waals surface area (Å²) in [5, 5.41) is 22.7. The second-order valence-corrected chi connectivity index (χ2v) is 7.82. The van der Waals surface area contributed by atoms with Gasteiger partial charge >= 0.3 is 0 Å². The third-order valence-corrected chi connectivity index (χ3v) is 5.49. The van der Waals surface area contributed by atoms with E-state index in [9.17, 15) is 9.90 Å². The summed E-state index contributed by atoms with van der Waals surface area (Å²) >= 11 is 6.14. The molecule has 2 aliphatic rings. The fourth-order valence-corrected chi connectivity index (χ4v) is 3.87. The fourth-order valence-electron chi connectivity index (χ4n) is 3.66. The zero-order valence-electron chi connectivity index (χ0n) is 16.0. The molecule has 0 radical (unpaired) electrons. The van der Waals surface area contributed by atoms with Gasteiger partial charge in [0.1, 0.15) is 0 Å². The number of fused-ring (bicyclic) bond motifs is 1. The van der Waals surface area contributed by atoms with Crippen LogP contribution in [0.2, 0.25) is 5.02 Å². The van der Waals surface area contributed by atoms with Gasteiger partial charge in [0, 0.05) is 43.1 Å². The van der Waals surface area contributed by atoms with E-state index in [0.717, 1.165) is 38.8 Å². The van der Waals surface area contributed by atoms with Gasteiger partial charge in [0.2, 0.25) is 0 Å². The Labute approximate surface area is 170 Å². The van der Waals surface area contributed by atoms with Crippen LogP contribution < -0.4 is 14.8 Å². The molecule has 2 heterocycles. The van der Waals surface area contributed by atoms with Gasteiger partial charge in [-0.2, -0.15) is 0 Å². The van der Waals surface area contributed by atoms with Crippen LogP contribution in [0.15, 0.2) is 12.1 Å². The quantitative estimate of drug-likeness (QED) is 0.590. The lowest BCUT2D eigenvalue weighted by atomic mass is 9.93. The number of piperidine rings is 1. The number of ether oxygens (including phenoxy) is 2. The second-order valence-electron chi connectivity index (χ2n) is 7.39. The first-order valence-corrected chi connectivity index (χ1v) is 10.3. The Bertz CT molecular complexity index is 672. The highest BCUT2D eigenvalue weighted by Crippen LogP contribution is 2.36. The van der Waals surface area contributed by atoms with Crippen LogP contribution in [0.5, 0.6) is 11.5 Å². The van der Waals surface area contributed by atoms with Crippen molar-refractivity contribution in [3.05, 3.63) is 22.7 Å². The molecule has 1 aromatic carbocycles. The number of halogens is 1. The van der Waals surface area contributed by atoms with E-state index < -0.39 is 6.10 Å². The average molecular weight is 413 g/mol. The Kier molecular flexibility index (Phi) is 7.79. The molecule has 3 N–H and O–H groups in total. The predicted molar refractivity (Wildman–Crippen MR) is 106 cm³/mol. The first-order valence-electron chi connectivity index (χ1n) is 9.97. The molecule has 2 atom stereocenters. The Morgan fingerprint density at radius 3 is 2.89 bits per heavy atom. The molecule has 1 aromatic rings. The Balaban J connectivity index is 1.56. The lowest BCUT2D eigenvalue weighted by Crippen LogP contribution is -2.47. The molecule has 1 amide bonds. The maximum Gasteiger partial charge on any atom is 0.255 e. The van der Waals surface area contributed by atoms with Gasteiger partial charge in [-0.1, -0.05) is 11.6 Å². The molecular weight excluding hydrogens is 384 g/mol. The predicted octanol–water partition coefficient (Wildman–Crippen LogP) is 1.69. The normalized spacial score (nSPS) is 22.5. The Morgan fingerprint density at radius 1 is 1.29 bits per heavy atom. The fraction of sp³-hybridized carbons (Fsp3) is 0.650. The molecule has 0 bridgehead atoms. The van der Waals surface area contributed by atoms with E-state index in [4.69, 9.17) is 26.2 Å². The van der Waals surface area contributed by atoms with Gasteiger partial charge in [0.05, 0.1) is 24.9 Å². The summed E-state index contributed by atoms with van der Waals surface area (Å²) in [5.41, 5.74) is 0.361. The molecule has 0 saturated carbocycles. The summed E-state index contributed by atoms with van der Waals surface area (Å²) in [7, 11) is 0. The Morgan fingerprint density at radius 2 is 2.11 bits per heavy atom. The van der Waals surface area contributed by atoms with Gasteiger partial charge in [-0.05, 0) is 38.4 Å². The van der Waals surface area contributed by atoms with Crippen LogP contribution in [0.4, 0.5) is 0 Å². The van der Waals surface area contributed by atoms with Crippen molar-refractivity contribution in [2.75, 3.05) is 46.0 Å². The highest BCUT2D eigenvalue weighted by Gasteiger charge is 2.28. The first-order chi connectivity index (χ1) is 13.6. The average Bonchev–Trinajstić information content (AvgIpc) is 2.92. The third-order valence-electron chi connectivity index (χ3n) is 5.27. The summed E-state index contributed by atoms with van der Waals surface area (Å²) in [6, 6.07) is 3.25. The van der Waals surface area contributed by atoms with Crippen LogP contribution in [0.1, 0.15) is 36.0 Å². The van der Waals surface area contributed by atoms with Crippen molar-refractivity contribution in [2.24, 2.45) is 5.92 Å². The van der Waals surface area contributed by atoms with Crippen LogP contribution >= 0.6 is 11.6 Å². The standard InChI is InChI=1S/C20H29ClN2O5/c21-15-10-16(19-18(11-15)27-8-3-9-28-19)20(26)22-12-14-4-6-23(13-17(14)25)5-1-2-7-24/h10-11,14,17,24-25H,1-9,12-13H2,(H,22,26)/t14-,17?/m0/s1. The van der Waals surface area contributed by atoms with Gasteiger partial charge < -0.3 is 29.9 Å².